The number of H-pyrrole nitrogens is 1. The van der Waals surface area contributed by atoms with Crippen molar-refractivity contribution in [3.05, 3.63) is 35.5 Å². The molecule has 2 aromatic rings. The fraction of sp³-hybridized carbons (Fsp3) is 0.100. The average molecular weight is 293 g/mol. The molecular weight excluding hydrogens is 286 g/mol. The first-order valence-electron chi connectivity index (χ1n) is 4.74. The van der Waals surface area contributed by atoms with E-state index in [2.05, 4.69) is 10.2 Å². The predicted octanol–water partition coefficient (Wildman–Crippen LogP) is 2.59. The third-order valence-electron chi connectivity index (χ3n) is 2.38. The molecule has 96 valence electrons. The minimum atomic E-state index is -4.09. The van der Waals surface area contributed by atoms with Gasteiger partial charge in [-0.3, -0.25) is 5.10 Å². The summed E-state index contributed by atoms with van der Waals surface area (Å²) in [7, 11) is 1.09. The molecule has 0 aliphatic carbocycles. The molecular formula is C10H7ClF2N2O2S. The van der Waals surface area contributed by atoms with Gasteiger partial charge in [0, 0.05) is 16.2 Å². The van der Waals surface area contributed by atoms with Crippen LogP contribution in [0.2, 0.25) is 0 Å². The number of benzene rings is 1. The van der Waals surface area contributed by atoms with Crippen molar-refractivity contribution in [2.24, 2.45) is 0 Å². The summed E-state index contributed by atoms with van der Waals surface area (Å²) in [5, 5.41) is 5.78. The molecule has 1 heterocycles. The fourth-order valence-corrected chi connectivity index (χ4v) is 2.42. The number of hydrogen-bond acceptors (Lipinski definition) is 3. The number of rotatable bonds is 2. The third kappa shape index (κ3) is 2.23. The smallest absolute Gasteiger partial charge is 0.265 e. The summed E-state index contributed by atoms with van der Waals surface area (Å²) in [5.41, 5.74) is -0.303. The molecule has 8 heteroatoms. The molecule has 18 heavy (non-hydrogen) atoms. The van der Waals surface area contributed by atoms with Crippen molar-refractivity contribution in [1.82, 2.24) is 10.2 Å². The van der Waals surface area contributed by atoms with Crippen LogP contribution >= 0.6 is 10.7 Å². The molecule has 0 saturated heterocycles. The summed E-state index contributed by atoms with van der Waals surface area (Å²) >= 11 is 0. The van der Waals surface area contributed by atoms with Gasteiger partial charge in [0.1, 0.15) is 16.5 Å². The molecule has 0 atom stereocenters. The molecule has 0 spiro atoms. The van der Waals surface area contributed by atoms with E-state index in [9.17, 15) is 17.2 Å². The van der Waals surface area contributed by atoms with Crippen LogP contribution in [0, 0.1) is 18.6 Å². The first kappa shape index (κ1) is 13.0. The van der Waals surface area contributed by atoms with Crippen LogP contribution in [0.1, 0.15) is 5.56 Å². The van der Waals surface area contributed by atoms with Crippen LogP contribution in [-0.4, -0.2) is 18.6 Å². The quantitative estimate of drug-likeness (QED) is 0.865. The Morgan fingerprint density at radius 1 is 1.28 bits per heavy atom. The molecule has 1 aromatic carbocycles. The van der Waals surface area contributed by atoms with Gasteiger partial charge in [-0.2, -0.15) is 5.10 Å². The van der Waals surface area contributed by atoms with Crippen molar-refractivity contribution in [2.45, 2.75) is 11.8 Å². The highest BCUT2D eigenvalue weighted by Gasteiger charge is 2.22. The van der Waals surface area contributed by atoms with Crippen molar-refractivity contribution >= 4 is 19.7 Å². The number of hydrogen-bond donors (Lipinski definition) is 1. The van der Waals surface area contributed by atoms with E-state index in [1.165, 1.54) is 6.92 Å². The molecule has 1 aromatic heterocycles. The lowest BCUT2D eigenvalue weighted by Gasteiger charge is -2.05. The molecule has 0 bridgehead atoms. The van der Waals surface area contributed by atoms with Gasteiger partial charge in [-0.15, -0.1) is 0 Å². The average Bonchev–Trinajstić information content (AvgIpc) is 2.71. The lowest BCUT2D eigenvalue weighted by Crippen LogP contribution is -1.96. The van der Waals surface area contributed by atoms with E-state index in [0.29, 0.717) is 0 Å². The Bertz CT molecular complexity index is 713. The summed E-state index contributed by atoms with van der Waals surface area (Å²) in [4.78, 5) is -0.397. The first-order chi connectivity index (χ1) is 8.30. The maximum absolute atomic E-state index is 13.7. The molecule has 0 saturated carbocycles. The maximum Gasteiger partial charge on any atom is 0.265 e. The minimum Gasteiger partial charge on any atom is -0.276 e. The highest BCUT2D eigenvalue weighted by Crippen LogP contribution is 2.30. The molecule has 0 aliphatic heterocycles. The summed E-state index contributed by atoms with van der Waals surface area (Å²) in [6.07, 6.45) is 0.939. The summed E-state index contributed by atoms with van der Waals surface area (Å²) < 4.78 is 49.6. The summed E-state index contributed by atoms with van der Waals surface area (Å²) in [5.74, 6) is -1.42. The zero-order valence-corrected chi connectivity index (χ0v) is 10.6. The Labute approximate surface area is 106 Å². The number of halogens is 3. The van der Waals surface area contributed by atoms with E-state index in [1.54, 1.807) is 0 Å². The van der Waals surface area contributed by atoms with Crippen molar-refractivity contribution in [3.8, 4) is 11.3 Å². The maximum atomic E-state index is 13.7. The van der Waals surface area contributed by atoms with Crippen molar-refractivity contribution in [2.75, 3.05) is 0 Å². The van der Waals surface area contributed by atoms with E-state index in [4.69, 9.17) is 10.7 Å². The highest BCUT2D eigenvalue weighted by molar-refractivity contribution is 8.13. The number of aromatic nitrogens is 2. The number of aromatic amines is 1. The van der Waals surface area contributed by atoms with Crippen LogP contribution in [0.5, 0.6) is 0 Å². The fourth-order valence-electron chi connectivity index (χ4n) is 1.49. The Kier molecular flexibility index (Phi) is 3.12. The zero-order chi connectivity index (χ0) is 13.5. The summed E-state index contributed by atoms with van der Waals surface area (Å²) in [6, 6.07) is 1.86. The topological polar surface area (TPSA) is 62.8 Å². The van der Waals surface area contributed by atoms with Gasteiger partial charge in [-0.05, 0) is 24.6 Å². The molecule has 0 fully saturated rings. The lowest BCUT2D eigenvalue weighted by atomic mass is 10.1. The minimum absolute atomic E-state index is 0.117. The van der Waals surface area contributed by atoms with Crippen LogP contribution < -0.4 is 0 Å². The molecule has 0 amide bonds. The number of nitrogens with zero attached hydrogens (tertiary/aromatic N) is 1. The Balaban J connectivity index is 2.71. The van der Waals surface area contributed by atoms with Crippen LogP contribution in [-0.2, 0) is 9.05 Å². The van der Waals surface area contributed by atoms with E-state index in [-0.39, 0.29) is 16.8 Å². The standard InChI is InChI=1S/C10H7ClF2N2O2S/c1-5-2-8(13)6(3-7(5)12)10-9(4-14-15-10)18(11,16)17/h2-4H,1H3,(H,14,15). The van der Waals surface area contributed by atoms with Crippen LogP contribution in [0.3, 0.4) is 0 Å². The second-order valence-electron chi connectivity index (χ2n) is 3.63. The Morgan fingerprint density at radius 2 is 1.94 bits per heavy atom. The molecule has 0 radical (unpaired) electrons. The van der Waals surface area contributed by atoms with E-state index in [1.807, 2.05) is 0 Å². The number of aryl methyl sites for hydroxylation is 1. The van der Waals surface area contributed by atoms with Gasteiger partial charge >= 0.3 is 0 Å². The zero-order valence-electron chi connectivity index (χ0n) is 9.04. The Morgan fingerprint density at radius 3 is 2.56 bits per heavy atom. The second kappa shape index (κ2) is 4.33. The van der Waals surface area contributed by atoms with E-state index >= 15 is 0 Å². The molecule has 1 N–H and O–H groups in total. The van der Waals surface area contributed by atoms with Gasteiger partial charge in [-0.1, -0.05) is 0 Å². The largest absolute Gasteiger partial charge is 0.276 e. The Hall–Kier alpha value is -1.47. The van der Waals surface area contributed by atoms with Gasteiger partial charge < -0.3 is 0 Å². The van der Waals surface area contributed by atoms with Crippen LogP contribution in [0.4, 0.5) is 8.78 Å². The third-order valence-corrected chi connectivity index (χ3v) is 3.72. The van der Waals surface area contributed by atoms with E-state index in [0.717, 1.165) is 18.3 Å². The van der Waals surface area contributed by atoms with Crippen molar-refractivity contribution in [3.63, 3.8) is 0 Å². The monoisotopic (exact) mass is 292 g/mol. The first-order valence-corrected chi connectivity index (χ1v) is 7.05. The van der Waals surface area contributed by atoms with Crippen molar-refractivity contribution in [1.29, 1.82) is 0 Å². The molecule has 0 unspecified atom stereocenters. The number of nitrogens with one attached hydrogen (secondary N) is 1. The van der Waals surface area contributed by atoms with Crippen LogP contribution in [0.15, 0.2) is 23.2 Å². The lowest BCUT2D eigenvalue weighted by molar-refractivity contribution is 0.594. The SMILES string of the molecule is Cc1cc(F)c(-c2[nH]ncc2S(=O)(=O)Cl)cc1F. The highest BCUT2D eigenvalue weighted by atomic mass is 35.7. The predicted molar refractivity (Wildman–Crippen MR) is 61.7 cm³/mol. The van der Waals surface area contributed by atoms with E-state index < -0.39 is 25.6 Å². The van der Waals surface area contributed by atoms with Gasteiger partial charge in [0.2, 0.25) is 0 Å². The second-order valence-corrected chi connectivity index (χ2v) is 6.16. The van der Waals surface area contributed by atoms with Gasteiger partial charge in [0.25, 0.3) is 9.05 Å². The molecule has 0 aliphatic rings. The van der Waals surface area contributed by atoms with Crippen LogP contribution in [0.25, 0.3) is 11.3 Å². The summed E-state index contributed by atoms with van der Waals surface area (Å²) in [6.45, 7) is 1.40. The van der Waals surface area contributed by atoms with Gasteiger partial charge in [0.15, 0.2) is 0 Å². The van der Waals surface area contributed by atoms with Crippen molar-refractivity contribution < 1.29 is 17.2 Å². The normalized spacial score (nSPS) is 11.8. The molecule has 2 rings (SSSR count). The molecule has 4 nitrogen and oxygen atoms in total. The van der Waals surface area contributed by atoms with Gasteiger partial charge in [0.05, 0.1) is 11.9 Å². The van der Waals surface area contributed by atoms with Gasteiger partial charge in [-0.25, -0.2) is 17.2 Å².